The molecule has 1 N–H and O–H groups in total. The Balaban J connectivity index is 2.24. The van der Waals surface area contributed by atoms with Crippen LogP contribution in [0.4, 0.5) is 4.39 Å². The van der Waals surface area contributed by atoms with Crippen LogP contribution in [0.5, 0.6) is 0 Å². The summed E-state index contributed by atoms with van der Waals surface area (Å²) in [4.78, 5) is 1.09. The van der Waals surface area contributed by atoms with E-state index in [-0.39, 0.29) is 5.82 Å². The van der Waals surface area contributed by atoms with Crippen LogP contribution in [0.25, 0.3) is 0 Å². The molecule has 2 nitrogen and oxygen atoms in total. The van der Waals surface area contributed by atoms with Crippen LogP contribution < -0.4 is 5.32 Å². The minimum absolute atomic E-state index is 0.195. The molecule has 4 heteroatoms. The van der Waals surface area contributed by atoms with Crippen molar-refractivity contribution in [1.29, 1.82) is 5.26 Å². The van der Waals surface area contributed by atoms with Gasteiger partial charge >= 0.3 is 0 Å². The maximum Gasteiger partial charge on any atom is 0.123 e. The minimum Gasteiger partial charge on any atom is -0.297 e. The summed E-state index contributed by atoms with van der Waals surface area (Å²) in [5.74, 6) is 0.799. The van der Waals surface area contributed by atoms with Crippen molar-refractivity contribution in [2.75, 3.05) is 5.75 Å². The normalized spacial score (nSPS) is 14.0. The fourth-order valence-corrected chi connectivity index (χ4v) is 3.01. The number of nitrogens with zero attached hydrogens (tertiary/aromatic N) is 1. The topological polar surface area (TPSA) is 35.8 Å². The Morgan fingerprint density at radius 2 is 1.95 bits per heavy atom. The standard InChI is InChI=1S/C16H23FN2S/c1-13(2)19-16(3,12-18)10-4-5-11-20-15-8-6-14(17)7-9-15/h6-9,13,19H,4-5,10-11H2,1-3H3. The minimum atomic E-state index is -0.436. The van der Waals surface area contributed by atoms with Gasteiger partial charge in [0.05, 0.1) is 6.07 Å². The second-order valence-electron chi connectivity index (χ2n) is 5.50. The molecule has 0 saturated carbocycles. The lowest BCUT2D eigenvalue weighted by Crippen LogP contribution is -2.44. The highest BCUT2D eigenvalue weighted by atomic mass is 32.2. The summed E-state index contributed by atoms with van der Waals surface area (Å²) in [6.45, 7) is 6.07. The highest BCUT2D eigenvalue weighted by Gasteiger charge is 2.23. The molecule has 1 aromatic rings. The molecule has 20 heavy (non-hydrogen) atoms. The molecule has 0 fully saturated rings. The summed E-state index contributed by atoms with van der Waals surface area (Å²) < 4.78 is 12.8. The molecule has 1 rings (SSSR count). The molecule has 1 aromatic carbocycles. The summed E-state index contributed by atoms with van der Waals surface area (Å²) >= 11 is 1.73. The summed E-state index contributed by atoms with van der Waals surface area (Å²) in [6.07, 6.45) is 2.92. The van der Waals surface area contributed by atoms with E-state index in [0.717, 1.165) is 29.9 Å². The van der Waals surface area contributed by atoms with E-state index in [1.807, 2.05) is 6.92 Å². The zero-order valence-corrected chi connectivity index (χ0v) is 13.3. The van der Waals surface area contributed by atoms with E-state index in [1.165, 1.54) is 12.1 Å². The van der Waals surface area contributed by atoms with Gasteiger partial charge in [-0.15, -0.1) is 11.8 Å². The Morgan fingerprint density at radius 3 is 2.50 bits per heavy atom. The van der Waals surface area contributed by atoms with E-state index in [0.29, 0.717) is 6.04 Å². The second-order valence-corrected chi connectivity index (χ2v) is 6.67. The van der Waals surface area contributed by atoms with Crippen molar-refractivity contribution in [1.82, 2.24) is 5.32 Å². The van der Waals surface area contributed by atoms with Gasteiger partial charge in [0.1, 0.15) is 11.4 Å². The quantitative estimate of drug-likeness (QED) is 0.571. The average Bonchev–Trinajstić information content (AvgIpc) is 2.40. The lowest BCUT2D eigenvalue weighted by atomic mass is 9.96. The molecule has 0 spiro atoms. The molecule has 0 saturated heterocycles. The predicted molar refractivity (Wildman–Crippen MR) is 83.3 cm³/mol. The number of hydrogen-bond acceptors (Lipinski definition) is 3. The molecule has 0 aliphatic heterocycles. The zero-order chi connectivity index (χ0) is 15.0. The van der Waals surface area contributed by atoms with Gasteiger partial charge in [-0.1, -0.05) is 0 Å². The summed E-state index contributed by atoms with van der Waals surface area (Å²) in [7, 11) is 0. The van der Waals surface area contributed by atoms with Crippen molar-refractivity contribution in [3.8, 4) is 6.07 Å². The fraction of sp³-hybridized carbons (Fsp3) is 0.562. The monoisotopic (exact) mass is 294 g/mol. The van der Waals surface area contributed by atoms with E-state index in [2.05, 4.69) is 25.2 Å². The Kier molecular flexibility index (Phi) is 7.04. The Bertz CT molecular complexity index is 439. The molecule has 0 heterocycles. The molecule has 1 unspecified atom stereocenters. The molecule has 110 valence electrons. The molecule has 0 bridgehead atoms. The van der Waals surface area contributed by atoms with Gasteiger partial charge in [0.2, 0.25) is 0 Å². The van der Waals surface area contributed by atoms with Gasteiger partial charge in [-0.3, -0.25) is 5.32 Å². The number of halogens is 1. The van der Waals surface area contributed by atoms with Crippen molar-refractivity contribution in [3.63, 3.8) is 0 Å². The smallest absolute Gasteiger partial charge is 0.123 e. The Hall–Kier alpha value is -1.05. The number of hydrogen-bond donors (Lipinski definition) is 1. The Labute approximate surface area is 125 Å². The van der Waals surface area contributed by atoms with Gasteiger partial charge in [0.25, 0.3) is 0 Å². The first kappa shape index (κ1) is 17.0. The maximum absolute atomic E-state index is 12.8. The summed E-state index contributed by atoms with van der Waals surface area (Å²) in [6, 6.07) is 9.26. The maximum atomic E-state index is 12.8. The lowest BCUT2D eigenvalue weighted by Gasteiger charge is -2.25. The van der Waals surface area contributed by atoms with Crippen molar-refractivity contribution in [2.24, 2.45) is 0 Å². The number of benzene rings is 1. The molecule has 0 aliphatic rings. The van der Waals surface area contributed by atoms with Crippen LogP contribution in [0, 0.1) is 17.1 Å². The first-order valence-electron chi connectivity index (χ1n) is 7.02. The van der Waals surface area contributed by atoms with Gasteiger partial charge in [-0.25, -0.2) is 4.39 Å². The zero-order valence-electron chi connectivity index (χ0n) is 12.4. The molecule has 0 aliphatic carbocycles. The third-order valence-electron chi connectivity index (χ3n) is 3.01. The highest BCUT2D eigenvalue weighted by Crippen LogP contribution is 2.21. The lowest BCUT2D eigenvalue weighted by molar-refractivity contribution is 0.372. The SMILES string of the molecule is CC(C)NC(C)(C#N)CCCCSc1ccc(F)cc1. The highest BCUT2D eigenvalue weighted by molar-refractivity contribution is 7.99. The van der Waals surface area contributed by atoms with Crippen LogP contribution in [0.15, 0.2) is 29.2 Å². The van der Waals surface area contributed by atoms with E-state index in [1.54, 1.807) is 23.9 Å². The van der Waals surface area contributed by atoms with Gasteiger partial charge < -0.3 is 0 Å². The first-order chi connectivity index (χ1) is 9.45. The van der Waals surface area contributed by atoms with Crippen molar-refractivity contribution >= 4 is 11.8 Å². The van der Waals surface area contributed by atoms with Gasteiger partial charge in [-0.05, 0) is 70.1 Å². The van der Waals surface area contributed by atoms with Gasteiger partial charge in [0.15, 0.2) is 0 Å². The molecule has 0 radical (unpaired) electrons. The Morgan fingerprint density at radius 1 is 1.30 bits per heavy atom. The van der Waals surface area contributed by atoms with Crippen molar-refractivity contribution < 1.29 is 4.39 Å². The van der Waals surface area contributed by atoms with Crippen LogP contribution in [0.1, 0.15) is 40.0 Å². The third-order valence-corrected chi connectivity index (χ3v) is 4.11. The van der Waals surface area contributed by atoms with E-state index >= 15 is 0 Å². The van der Waals surface area contributed by atoms with Crippen molar-refractivity contribution in [2.45, 2.75) is 56.5 Å². The molecule has 1 atom stereocenters. The van der Waals surface area contributed by atoms with Crippen LogP contribution in [0.2, 0.25) is 0 Å². The van der Waals surface area contributed by atoms with Crippen LogP contribution in [-0.2, 0) is 0 Å². The number of unbranched alkanes of at least 4 members (excludes halogenated alkanes) is 1. The largest absolute Gasteiger partial charge is 0.297 e. The van der Waals surface area contributed by atoms with Crippen LogP contribution >= 0.6 is 11.8 Å². The molecule has 0 aromatic heterocycles. The van der Waals surface area contributed by atoms with E-state index in [4.69, 9.17) is 0 Å². The molecular weight excluding hydrogens is 271 g/mol. The predicted octanol–water partition coefficient (Wildman–Crippen LogP) is 4.37. The number of nitrogens with one attached hydrogen (secondary N) is 1. The average molecular weight is 294 g/mol. The summed E-state index contributed by atoms with van der Waals surface area (Å²) in [5, 5.41) is 12.6. The van der Waals surface area contributed by atoms with Gasteiger partial charge in [0, 0.05) is 10.9 Å². The van der Waals surface area contributed by atoms with Crippen LogP contribution in [-0.4, -0.2) is 17.3 Å². The number of nitriles is 1. The molecular formula is C16H23FN2S. The van der Waals surface area contributed by atoms with Crippen molar-refractivity contribution in [3.05, 3.63) is 30.1 Å². The van der Waals surface area contributed by atoms with E-state index in [9.17, 15) is 9.65 Å². The third kappa shape index (κ3) is 6.40. The number of thioether (sulfide) groups is 1. The van der Waals surface area contributed by atoms with E-state index < -0.39 is 5.54 Å². The fourth-order valence-electron chi connectivity index (χ4n) is 2.10. The first-order valence-corrected chi connectivity index (χ1v) is 8.01. The summed E-state index contributed by atoms with van der Waals surface area (Å²) in [5.41, 5.74) is -0.436. The number of rotatable bonds is 8. The van der Waals surface area contributed by atoms with Gasteiger partial charge in [-0.2, -0.15) is 5.26 Å². The second kappa shape index (κ2) is 8.28. The van der Waals surface area contributed by atoms with Crippen LogP contribution in [0.3, 0.4) is 0 Å². The molecule has 0 amide bonds.